The Labute approximate surface area is 159 Å². The second-order valence-corrected chi connectivity index (χ2v) is 7.04. The van der Waals surface area contributed by atoms with Crippen LogP contribution in [0.2, 0.25) is 0 Å². The van der Waals surface area contributed by atoms with E-state index in [0.717, 1.165) is 59.2 Å². The van der Waals surface area contributed by atoms with Crippen LogP contribution in [0.25, 0.3) is 10.9 Å². The second-order valence-electron chi connectivity index (χ2n) is 7.04. The Kier molecular flexibility index (Phi) is 5.05. The summed E-state index contributed by atoms with van der Waals surface area (Å²) in [6.07, 6.45) is 4.80. The molecule has 1 aliphatic rings. The molecule has 0 saturated heterocycles. The molecule has 3 aromatic rings. The first-order valence-electron chi connectivity index (χ1n) is 9.63. The molecule has 2 aromatic carbocycles. The molecule has 4 rings (SSSR count). The fraction of sp³-hybridized carbons (Fsp3) is 0.304. The zero-order chi connectivity index (χ0) is 18.6. The number of para-hydroxylation sites is 1. The van der Waals surface area contributed by atoms with Crippen molar-refractivity contribution in [1.82, 2.24) is 9.88 Å². The molecule has 0 radical (unpaired) electrons. The predicted molar refractivity (Wildman–Crippen MR) is 107 cm³/mol. The first-order chi connectivity index (χ1) is 13.2. The van der Waals surface area contributed by atoms with Gasteiger partial charge in [-0.1, -0.05) is 31.5 Å². The fourth-order valence-corrected chi connectivity index (χ4v) is 3.53. The zero-order valence-corrected chi connectivity index (χ0v) is 15.6. The van der Waals surface area contributed by atoms with Gasteiger partial charge in [-0.05, 0) is 47.9 Å². The molecule has 0 fully saturated rings. The summed E-state index contributed by atoms with van der Waals surface area (Å²) in [5, 5.41) is 1.10. The first-order valence-corrected chi connectivity index (χ1v) is 9.63. The second kappa shape index (κ2) is 7.78. The number of hydrogen-bond acceptors (Lipinski definition) is 3. The summed E-state index contributed by atoms with van der Waals surface area (Å²) < 4.78 is 5.56. The molecule has 1 aliphatic heterocycles. The fourth-order valence-electron chi connectivity index (χ4n) is 3.53. The van der Waals surface area contributed by atoms with Crippen LogP contribution in [0, 0.1) is 0 Å². The van der Waals surface area contributed by atoms with E-state index in [9.17, 15) is 4.79 Å². The van der Waals surface area contributed by atoms with Crippen LogP contribution in [0.1, 0.15) is 41.3 Å². The van der Waals surface area contributed by atoms with E-state index in [0.29, 0.717) is 13.2 Å². The van der Waals surface area contributed by atoms with Crippen molar-refractivity contribution < 1.29 is 9.53 Å². The number of unbranched alkanes of at least 4 members (excludes halogenated alkanes) is 1. The molecule has 0 atom stereocenters. The highest BCUT2D eigenvalue weighted by Crippen LogP contribution is 2.26. The molecule has 0 spiro atoms. The molecule has 1 amide bonds. The largest absolute Gasteiger partial charge is 0.493 e. The van der Waals surface area contributed by atoms with Crippen molar-refractivity contribution in [3.05, 3.63) is 71.4 Å². The molecular formula is C23H24N2O2. The third kappa shape index (κ3) is 3.80. The number of ether oxygens (including phenoxy) is 1. The molecule has 0 unspecified atom stereocenters. The number of nitrogens with zero attached hydrogens (tertiary/aromatic N) is 2. The van der Waals surface area contributed by atoms with Gasteiger partial charge in [0.25, 0.3) is 5.91 Å². The Morgan fingerprint density at radius 1 is 1.19 bits per heavy atom. The van der Waals surface area contributed by atoms with Crippen LogP contribution in [0.3, 0.4) is 0 Å². The predicted octanol–water partition coefficient (Wildman–Crippen LogP) is 4.61. The average molecular weight is 360 g/mol. The SMILES string of the molecule is CCCCN(Cc1cnc2ccccc2c1)C(=O)c1ccc2c(c1)CCO2. The van der Waals surface area contributed by atoms with E-state index in [-0.39, 0.29) is 5.91 Å². The van der Waals surface area contributed by atoms with Gasteiger partial charge in [0.15, 0.2) is 0 Å². The highest BCUT2D eigenvalue weighted by atomic mass is 16.5. The van der Waals surface area contributed by atoms with Gasteiger partial charge >= 0.3 is 0 Å². The van der Waals surface area contributed by atoms with Gasteiger partial charge in [-0.3, -0.25) is 9.78 Å². The molecule has 4 nitrogen and oxygen atoms in total. The van der Waals surface area contributed by atoms with Crippen LogP contribution in [0.15, 0.2) is 54.7 Å². The first kappa shape index (κ1) is 17.5. The lowest BCUT2D eigenvalue weighted by molar-refractivity contribution is 0.0740. The summed E-state index contributed by atoms with van der Waals surface area (Å²) in [5.41, 5.74) is 3.90. The van der Waals surface area contributed by atoms with Crippen LogP contribution < -0.4 is 4.74 Å². The van der Waals surface area contributed by atoms with Gasteiger partial charge in [0, 0.05) is 36.7 Å². The van der Waals surface area contributed by atoms with E-state index in [1.807, 2.05) is 47.5 Å². The van der Waals surface area contributed by atoms with E-state index >= 15 is 0 Å². The highest BCUT2D eigenvalue weighted by Gasteiger charge is 2.19. The van der Waals surface area contributed by atoms with Crippen molar-refractivity contribution >= 4 is 16.8 Å². The van der Waals surface area contributed by atoms with Crippen molar-refractivity contribution in [3.63, 3.8) is 0 Å². The van der Waals surface area contributed by atoms with Gasteiger partial charge in [0.1, 0.15) is 5.75 Å². The molecular weight excluding hydrogens is 336 g/mol. The van der Waals surface area contributed by atoms with E-state index in [2.05, 4.69) is 24.0 Å². The number of carbonyl (C=O) groups is 1. The minimum atomic E-state index is 0.0753. The smallest absolute Gasteiger partial charge is 0.254 e. The molecule has 1 aromatic heterocycles. The summed E-state index contributed by atoms with van der Waals surface area (Å²) in [6, 6.07) is 16.0. The van der Waals surface area contributed by atoms with Crippen LogP contribution in [-0.4, -0.2) is 28.9 Å². The van der Waals surface area contributed by atoms with Crippen molar-refractivity contribution in [2.75, 3.05) is 13.2 Å². The van der Waals surface area contributed by atoms with E-state index in [4.69, 9.17) is 4.74 Å². The number of amides is 1. The van der Waals surface area contributed by atoms with Gasteiger partial charge in [0.05, 0.1) is 12.1 Å². The third-order valence-electron chi connectivity index (χ3n) is 5.03. The van der Waals surface area contributed by atoms with Crippen LogP contribution >= 0.6 is 0 Å². The quantitative estimate of drug-likeness (QED) is 0.644. The molecule has 0 aliphatic carbocycles. The summed E-state index contributed by atoms with van der Waals surface area (Å²) in [4.78, 5) is 19.7. The number of pyridine rings is 1. The van der Waals surface area contributed by atoms with Gasteiger partial charge in [-0.25, -0.2) is 0 Å². The Morgan fingerprint density at radius 2 is 2.07 bits per heavy atom. The lowest BCUT2D eigenvalue weighted by atomic mass is 10.1. The normalized spacial score (nSPS) is 12.6. The Hall–Kier alpha value is -2.88. The number of fused-ring (bicyclic) bond motifs is 2. The summed E-state index contributed by atoms with van der Waals surface area (Å²) in [7, 11) is 0. The summed E-state index contributed by atoms with van der Waals surface area (Å²) in [5.74, 6) is 0.983. The van der Waals surface area contributed by atoms with Crippen molar-refractivity contribution in [2.45, 2.75) is 32.7 Å². The molecule has 138 valence electrons. The molecule has 2 heterocycles. The van der Waals surface area contributed by atoms with E-state index in [1.54, 1.807) is 0 Å². The molecule has 27 heavy (non-hydrogen) atoms. The summed E-state index contributed by atoms with van der Waals surface area (Å²) in [6.45, 7) is 4.17. The van der Waals surface area contributed by atoms with Crippen LogP contribution in [0.4, 0.5) is 0 Å². The number of carbonyl (C=O) groups excluding carboxylic acids is 1. The van der Waals surface area contributed by atoms with E-state index in [1.165, 1.54) is 0 Å². The molecule has 0 N–H and O–H groups in total. The maximum Gasteiger partial charge on any atom is 0.254 e. The Morgan fingerprint density at radius 3 is 2.96 bits per heavy atom. The van der Waals surface area contributed by atoms with E-state index < -0.39 is 0 Å². The monoisotopic (exact) mass is 360 g/mol. The zero-order valence-electron chi connectivity index (χ0n) is 15.6. The van der Waals surface area contributed by atoms with Crippen LogP contribution in [-0.2, 0) is 13.0 Å². The van der Waals surface area contributed by atoms with Gasteiger partial charge in [0.2, 0.25) is 0 Å². The lowest BCUT2D eigenvalue weighted by Crippen LogP contribution is -2.31. The molecule has 0 saturated carbocycles. The summed E-state index contributed by atoms with van der Waals surface area (Å²) >= 11 is 0. The third-order valence-corrected chi connectivity index (χ3v) is 5.03. The van der Waals surface area contributed by atoms with Crippen molar-refractivity contribution in [2.24, 2.45) is 0 Å². The maximum atomic E-state index is 13.2. The highest BCUT2D eigenvalue weighted by molar-refractivity contribution is 5.94. The minimum absolute atomic E-state index is 0.0753. The number of aromatic nitrogens is 1. The maximum absolute atomic E-state index is 13.2. The van der Waals surface area contributed by atoms with Gasteiger partial charge < -0.3 is 9.64 Å². The molecule has 0 bridgehead atoms. The Bertz CT molecular complexity index is 968. The van der Waals surface area contributed by atoms with Crippen molar-refractivity contribution in [3.8, 4) is 5.75 Å². The minimum Gasteiger partial charge on any atom is -0.493 e. The lowest BCUT2D eigenvalue weighted by Gasteiger charge is -2.23. The Balaban J connectivity index is 1.58. The van der Waals surface area contributed by atoms with Gasteiger partial charge in [-0.15, -0.1) is 0 Å². The van der Waals surface area contributed by atoms with Crippen LogP contribution in [0.5, 0.6) is 5.75 Å². The van der Waals surface area contributed by atoms with Gasteiger partial charge in [-0.2, -0.15) is 0 Å². The molecule has 4 heteroatoms. The number of hydrogen-bond donors (Lipinski definition) is 0. The standard InChI is InChI=1S/C23H24N2O2/c1-2-3-11-25(16-17-13-18-6-4-5-7-21(18)24-15-17)23(26)20-8-9-22-19(14-20)10-12-27-22/h4-9,13-15H,2-3,10-12,16H2,1H3. The average Bonchev–Trinajstić information content (AvgIpc) is 3.18. The number of rotatable bonds is 6. The van der Waals surface area contributed by atoms with Crippen molar-refractivity contribution in [1.29, 1.82) is 0 Å². The topological polar surface area (TPSA) is 42.4 Å². The number of benzene rings is 2.